The number of amides is 1. The van der Waals surface area contributed by atoms with Gasteiger partial charge in [-0.25, -0.2) is 9.59 Å². The van der Waals surface area contributed by atoms with Crippen LogP contribution in [0.2, 0.25) is 0 Å². The molecule has 0 aliphatic heterocycles. The fraction of sp³-hybridized carbons (Fsp3) is 0.357. The summed E-state index contributed by atoms with van der Waals surface area (Å²) >= 11 is 0. The monoisotopic (exact) mass is 279 g/mol. The van der Waals surface area contributed by atoms with Gasteiger partial charge in [-0.2, -0.15) is 4.99 Å². The molecule has 0 saturated heterocycles. The Morgan fingerprint density at radius 3 is 2.45 bits per heavy atom. The fourth-order valence-electron chi connectivity index (χ4n) is 1.48. The van der Waals surface area contributed by atoms with E-state index >= 15 is 0 Å². The van der Waals surface area contributed by atoms with E-state index in [1.54, 1.807) is 12.1 Å². The number of carbonyl (C=O) groups is 2. The van der Waals surface area contributed by atoms with Gasteiger partial charge in [0.05, 0.1) is 0 Å². The van der Waals surface area contributed by atoms with Crippen LogP contribution >= 0.6 is 0 Å². The minimum atomic E-state index is -1.25. The van der Waals surface area contributed by atoms with Crippen LogP contribution in [0.15, 0.2) is 35.3 Å². The maximum atomic E-state index is 11.4. The van der Waals surface area contributed by atoms with Gasteiger partial charge >= 0.3 is 12.1 Å². The zero-order chi connectivity index (χ0) is 14.8. The Labute approximate surface area is 116 Å². The number of aliphatic carboxylic acids is 1. The largest absolute Gasteiger partial charge is 0.477 e. The van der Waals surface area contributed by atoms with Gasteiger partial charge in [-0.3, -0.25) is 0 Å². The summed E-state index contributed by atoms with van der Waals surface area (Å²) < 4.78 is 4.88. The Balaban J connectivity index is 2.51. The highest BCUT2D eigenvalue weighted by atomic mass is 16.5. The van der Waals surface area contributed by atoms with E-state index in [0.29, 0.717) is 12.8 Å². The molecule has 0 aliphatic carbocycles. The lowest BCUT2D eigenvalue weighted by Crippen LogP contribution is -2.16. The van der Waals surface area contributed by atoms with Gasteiger partial charge < -0.3 is 14.9 Å². The van der Waals surface area contributed by atoms with Crippen molar-refractivity contribution in [3.8, 4) is 0 Å². The Kier molecular flexibility index (Phi) is 6.99. The topological polar surface area (TPSA) is 96.2 Å². The predicted octanol–water partition coefficient (Wildman–Crippen LogP) is 2.01. The maximum Gasteiger partial charge on any atom is 0.434 e. The zero-order valence-corrected chi connectivity index (χ0v) is 11.0. The molecular weight excluding hydrogens is 262 g/mol. The molecule has 1 aromatic carbocycles. The lowest BCUT2D eigenvalue weighted by molar-refractivity contribution is -0.129. The van der Waals surface area contributed by atoms with Crippen molar-refractivity contribution < 1.29 is 24.5 Å². The highest BCUT2D eigenvalue weighted by Crippen LogP contribution is 2.03. The van der Waals surface area contributed by atoms with Crippen molar-refractivity contribution in [1.82, 2.24) is 0 Å². The van der Waals surface area contributed by atoms with Crippen LogP contribution in [0.3, 0.4) is 0 Å². The Bertz CT molecular complexity index is 470. The van der Waals surface area contributed by atoms with Gasteiger partial charge in [0, 0.05) is 6.61 Å². The lowest BCUT2D eigenvalue weighted by atomic mass is 10.2. The number of aliphatic imine (C=N–C) groups is 1. The molecule has 1 aromatic rings. The number of carboxylic acids is 1. The SMILES string of the molecule is O=C(/N=C(/CCCCO)C(=O)O)OCc1ccccc1. The number of aliphatic hydroxyl groups is 1. The number of unbranched alkanes of at least 4 members (excludes halogenated alkanes) is 1. The van der Waals surface area contributed by atoms with Gasteiger partial charge in [0.25, 0.3) is 0 Å². The van der Waals surface area contributed by atoms with Crippen LogP contribution in [0.1, 0.15) is 24.8 Å². The molecule has 0 radical (unpaired) electrons. The number of ether oxygens (including phenoxy) is 1. The molecule has 6 heteroatoms. The number of benzene rings is 1. The van der Waals surface area contributed by atoms with Crippen LogP contribution in [0, 0.1) is 0 Å². The highest BCUT2D eigenvalue weighted by molar-refractivity contribution is 6.37. The van der Waals surface area contributed by atoms with Crippen LogP contribution in [0.4, 0.5) is 4.79 Å². The first-order valence-electron chi connectivity index (χ1n) is 6.26. The van der Waals surface area contributed by atoms with Crippen LogP contribution in [0.25, 0.3) is 0 Å². The van der Waals surface area contributed by atoms with E-state index in [1.807, 2.05) is 18.2 Å². The van der Waals surface area contributed by atoms with Crippen molar-refractivity contribution in [3.05, 3.63) is 35.9 Å². The van der Waals surface area contributed by atoms with Gasteiger partial charge in [-0.05, 0) is 24.8 Å². The number of hydrogen-bond donors (Lipinski definition) is 2. The lowest BCUT2D eigenvalue weighted by Gasteiger charge is -2.03. The van der Waals surface area contributed by atoms with E-state index < -0.39 is 12.1 Å². The van der Waals surface area contributed by atoms with Crippen molar-refractivity contribution in [2.45, 2.75) is 25.9 Å². The van der Waals surface area contributed by atoms with Crippen LogP contribution in [0.5, 0.6) is 0 Å². The second-order valence-electron chi connectivity index (χ2n) is 4.08. The zero-order valence-electron chi connectivity index (χ0n) is 11.0. The second-order valence-corrected chi connectivity index (χ2v) is 4.08. The summed E-state index contributed by atoms with van der Waals surface area (Å²) in [6.07, 6.45) is 0.116. The van der Waals surface area contributed by atoms with Crippen molar-refractivity contribution in [2.75, 3.05) is 6.61 Å². The first kappa shape index (κ1) is 15.8. The van der Waals surface area contributed by atoms with E-state index in [0.717, 1.165) is 5.56 Å². The van der Waals surface area contributed by atoms with Crippen LogP contribution in [-0.4, -0.2) is 34.6 Å². The predicted molar refractivity (Wildman–Crippen MR) is 72.6 cm³/mol. The number of hydrogen-bond acceptors (Lipinski definition) is 4. The van der Waals surface area contributed by atoms with E-state index in [-0.39, 0.29) is 25.3 Å². The first-order chi connectivity index (χ1) is 9.63. The molecule has 0 unspecified atom stereocenters. The molecule has 108 valence electrons. The Hall–Kier alpha value is -2.21. The Morgan fingerprint density at radius 1 is 1.15 bits per heavy atom. The van der Waals surface area contributed by atoms with Gasteiger partial charge in [0.2, 0.25) is 0 Å². The van der Waals surface area contributed by atoms with Crippen molar-refractivity contribution in [1.29, 1.82) is 0 Å². The third-order valence-electron chi connectivity index (χ3n) is 2.50. The molecule has 2 N–H and O–H groups in total. The second kappa shape index (κ2) is 8.82. The van der Waals surface area contributed by atoms with Gasteiger partial charge in [-0.1, -0.05) is 30.3 Å². The molecule has 0 aromatic heterocycles. The van der Waals surface area contributed by atoms with Gasteiger partial charge in [-0.15, -0.1) is 0 Å². The minimum absolute atomic E-state index is 0.0225. The molecule has 0 fully saturated rings. The number of carboxylic acid groups (broad SMARTS) is 1. The molecule has 0 spiro atoms. The summed E-state index contributed by atoms with van der Waals surface area (Å²) in [6.45, 7) is 0.0259. The molecule has 1 amide bonds. The molecule has 0 bridgehead atoms. The number of aliphatic hydroxyl groups excluding tert-OH is 1. The molecule has 0 aliphatic rings. The molecule has 0 heterocycles. The van der Waals surface area contributed by atoms with Gasteiger partial charge in [0.15, 0.2) is 0 Å². The summed E-state index contributed by atoms with van der Waals surface area (Å²) in [6, 6.07) is 9.04. The molecule has 6 nitrogen and oxygen atoms in total. The molecular formula is C14H17NO5. The van der Waals surface area contributed by atoms with E-state index in [9.17, 15) is 9.59 Å². The van der Waals surface area contributed by atoms with E-state index in [2.05, 4.69) is 4.99 Å². The number of carbonyl (C=O) groups excluding carboxylic acids is 1. The standard InChI is InChI=1S/C14H17NO5/c16-9-5-4-8-12(13(17)18)15-14(19)20-10-11-6-2-1-3-7-11/h1-3,6-7,16H,4-5,8-10H2,(H,17,18)/b15-12-. The fourth-order valence-corrected chi connectivity index (χ4v) is 1.48. The van der Waals surface area contributed by atoms with E-state index in [4.69, 9.17) is 14.9 Å². The number of nitrogens with zero attached hydrogens (tertiary/aromatic N) is 1. The van der Waals surface area contributed by atoms with E-state index in [1.165, 1.54) is 0 Å². The Morgan fingerprint density at radius 2 is 1.85 bits per heavy atom. The summed E-state index contributed by atoms with van der Waals surface area (Å²) in [5, 5.41) is 17.5. The number of rotatable bonds is 7. The third kappa shape index (κ3) is 6.10. The quantitative estimate of drug-likeness (QED) is 0.588. The molecule has 20 heavy (non-hydrogen) atoms. The average molecular weight is 279 g/mol. The third-order valence-corrected chi connectivity index (χ3v) is 2.50. The summed E-state index contributed by atoms with van der Waals surface area (Å²) in [7, 11) is 0. The smallest absolute Gasteiger partial charge is 0.434 e. The first-order valence-corrected chi connectivity index (χ1v) is 6.26. The minimum Gasteiger partial charge on any atom is -0.477 e. The van der Waals surface area contributed by atoms with Crippen molar-refractivity contribution >= 4 is 17.8 Å². The summed E-state index contributed by atoms with van der Waals surface area (Å²) in [5.41, 5.74) is 0.546. The van der Waals surface area contributed by atoms with Crippen molar-refractivity contribution in [2.24, 2.45) is 4.99 Å². The molecule has 1 rings (SSSR count). The summed E-state index contributed by atoms with van der Waals surface area (Å²) in [5.74, 6) is -1.25. The highest BCUT2D eigenvalue weighted by Gasteiger charge is 2.12. The van der Waals surface area contributed by atoms with Crippen molar-refractivity contribution in [3.63, 3.8) is 0 Å². The summed E-state index contributed by atoms with van der Waals surface area (Å²) in [4.78, 5) is 25.8. The van der Waals surface area contributed by atoms with Gasteiger partial charge in [0.1, 0.15) is 12.3 Å². The maximum absolute atomic E-state index is 11.4. The molecule has 0 saturated carbocycles. The normalized spacial score (nSPS) is 11.2. The van der Waals surface area contributed by atoms with Crippen LogP contribution in [-0.2, 0) is 16.1 Å². The average Bonchev–Trinajstić information content (AvgIpc) is 2.45. The molecule has 0 atom stereocenters. The van der Waals surface area contributed by atoms with Crippen LogP contribution < -0.4 is 0 Å².